The molecule has 1 aromatic carbocycles. The highest BCUT2D eigenvalue weighted by Gasteiger charge is 2.39. The van der Waals surface area contributed by atoms with Gasteiger partial charge in [0.25, 0.3) is 0 Å². The number of aryl methyl sites for hydroxylation is 1. The molecular formula is C27H40O5. The van der Waals surface area contributed by atoms with Crippen molar-refractivity contribution >= 4 is 5.97 Å². The predicted octanol–water partition coefficient (Wildman–Crippen LogP) is 4.35. The number of carbonyl (C=O) groups is 1. The van der Waals surface area contributed by atoms with Gasteiger partial charge in [-0.3, -0.25) is 4.79 Å². The van der Waals surface area contributed by atoms with E-state index in [9.17, 15) is 20.1 Å². The first kappa shape index (κ1) is 26.3. The molecule has 178 valence electrons. The second-order valence-electron chi connectivity index (χ2n) is 8.76. The molecule has 0 aromatic heterocycles. The summed E-state index contributed by atoms with van der Waals surface area (Å²) in [7, 11) is 0. The molecule has 1 aliphatic carbocycles. The summed E-state index contributed by atoms with van der Waals surface area (Å²) < 4.78 is 5.15. The number of carbonyl (C=O) groups excluding carboxylic acids is 1. The minimum absolute atomic E-state index is 0.0715. The van der Waals surface area contributed by atoms with Crippen LogP contribution in [0.15, 0.2) is 54.6 Å². The lowest BCUT2D eigenvalue weighted by Gasteiger charge is -2.19. The van der Waals surface area contributed by atoms with Crippen LogP contribution < -0.4 is 0 Å². The maximum Gasteiger partial charge on any atom is 0.305 e. The first-order valence-electron chi connectivity index (χ1n) is 12.1. The molecule has 0 radical (unpaired) electrons. The smallest absolute Gasteiger partial charge is 0.305 e. The third-order valence-corrected chi connectivity index (χ3v) is 6.13. The van der Waals surface area contributed by atoms with Crippen molar-refractivity contribution in [3.8, 4) is 0 Å². The zero-order chi connectivity index (χ0) is 23.2. The van der Waals surface area contributed by atoms with E-state index in [0.29, 0.717) is 32.3 Å². The zero-order valence-electron chi connectivity index (χ0n) is 19.3. The fourth-order valence-electron chi connectivity index (χ4n) is 4.16. The average molecular weight is 445 g/mol. The number of benzene rings is 1. The number of rotatable bonds is 14. The molecule has 32 heavy (non-hydrogen) atoms. The van der Waals surface area contributed by atoms with E-state index in [4.69, 9.17) is 4.74 Å². The van der Waals surface area contributed by atoms with Crippen LogP contribution in [0.1, 0.15) is 63.9 Å². The Balaban J connectivity index is 1.73. The molecule has 0 aliphatic heterocycles. The molecule has 5 atom stereocenters. The van der Waals surface area contributed by atoms with Crippen LogP contribution in [0.4, 0.5) is 0 Å². The standard InChI is InChI=1S/C27H40O5/c1-2-3-19-32-27(31)14-10-5-4-9-13-23-24(26(30)20-25(23)29)18-17-22(28)16-15-21-11-7-6-8-12-21/h4,6-9,11-12,17-18,22-26,28-30H,2-3,5,10,13-16,19-20H2,1H3/b9-4-,18-17+/t22-,23?,24?,25+,26-/m1/s1. The van der Waals surface area contributed by atoms with Gasteiger partial charge in [0, 0.05) is 18.8 Å². The minimum Gasteiger partial charge on any atom is -0.466 e. The third-order valence-electron chi connectivity index (χ3n) is 6.13. The molecule has 5 nitrogen and oxygen atoms in total. The highest BCUT2D eigenvalue weighted by Crippen LogP contribution is 2.36. The van der Waals surface area contributed by atoms with Gasteiger partial charge < -0.3 is 20.1 Å². The molecule has 2 unspecified atom stereocenters. The van der Waals surface area contributed by atoms with Crippen molar-refractivity contribution in [2.45, 2.75) is 83.0 Å². The van der Waals surface area contributed by atoms with Crippen LogP contribution in [-0.4, -0.2) is 46.2 Å². The third kappa shape index (κ3) is 9.68. The molecule has 0 heterocycles. The van der Waals surface area contributed by atoms with Gasteiger partial charge in [0.15, 0.2) is 0 Å². The van der Waals surface area contributed by atoms with Gasteiger partial charge >= 0.3 is 5.97 Å². The lowest BCUT2D eigenvalue weighted by Crippen LogP contribution is -2.20. The van der Waals surface area contributed by atoms with Crippen molar-refractivity contribution < 1.29 is 24.9 Å². The largest absolute Gasteiger partial charge is 0.466 e. The molecule has 1 aliphatic rings. The van der Waals surface area contributed by atoms with E-state index in [1.807, 2.05) is 48.6 Å². The Morgan fingerprint density at radius 1 is 1.16 bits per heavy atom. The normalized spacial score (nSPS) is 24.4. The van der Waals surface area contributed by atoms with Crippen LogP contribution in [-0.2, 0) is 16.0 Å². The molecule has 5 heteroatoms. The van der Waals surface area contributed by atoms with Gasteiger partial charge in [0.2, 0.25) is 0 Å². The van der Waals surface area contributed by atoms with Gasteiger partial charge in [-0.25, -0.2) is 0 Å². The van der Waals surface area contributed by atoms with E-state index in [2.05, 4.69) is 6.92 Å². The van der Waals surface area contributed by atoms with E-state index in [-0.39, 0.29) is 17.8 Å². The Bertz CT molecular complexity index is 699. The molecule has 0 amide bonds. The average Bonchev–Trinajstić information content (AvgIpc) is 3.06. The summed E-state index contributed by atoms with van der Waals surface area (Å²) >= 11 is 0. The second-order valence-corrected chi connectivity index (χ2v) is 8.76. The highest BCUT2D eigenvalue weighted by molar-refractivity contribution is 5.69. The van der Waals surface area contributed by atoms with E-state index in [0.717, 1.165) is 32.1 Å². The van der Waals surface area contributed by atoms with Gasteiger partial charge in [0.1, 0.15) is 0 Å². The maximum absolute atomic E-state index is 11.6. The van der Waals surface area contributed by atoms with Crippen LogP contribution in [0.2, 0.25) is 0 Å². The number of hydrogen-bond donors (Lipinski definition) is 3. The monoisotopic (exact) mass is 444 g/mol. The molecule has 0 spiro atoms. The van der Waals surface area contributed by atoms with Crippen molar-refractivity contribution in [1.29, 1.82) is 0 Å². The fourth-order valence-corrected chi connectivity index (χ4v) is 4.16. The van der Waals surface area contributed by atoms with E-state index in [1.54, 1.807) is 6.08 Å². The van der Waals surface area contributed by atoms with Crippen LogP contribution >= 0.6 is 0 Å². The zero-order valence-corrected chi connectivity index (χ0v) is 19.3. The number of aliphatic hydroxyl groups is 3. The van der Waals surface area contributed by atoms with Crippen molar-refractivity contribution in [2.24, 2.45) is 11.8 Å². The molecular weight excluding hydrogens is 404 g/mol. The summed E-state index contributed by atoms with van der Waals surface area (Å²) in [6, 6.07) is 10.1. The number of esters is 1. The Kier molecular flexibility index (Phi) is 12.3. The molecule has 1 aromatic rings. The number of unbranched alkanes of at least 4 members (excludes halogenated alkanes) is 2. The van der Waals surface area contributed by atoms with E-state index >= 15 is 0 Å². The molecule has 1 saturated carbocycles. The van der Waals surface area contributed by atoms with Crippen molar-refractivity contribution in [3.05, 3.63) is 60.2 Å². The molecule has 0 bridgehead atoms. The quantitative estimate of drug-likeness (QED) is 0.226. The molecule has 1 fully saturated rings. The molecule has 0 saturated heterocycles. The summed E-state index contributed by atoms with van der Waals surface area (Å²) in [4.78, 5) is 11.6. The Morgan fingerprint density at radius 3 is 2.69 bits per heavy atom. The Morgan fingerprint density at radius 2 is 1.94 bits per heavy atom. The highest BCUT2D eigenvalue weighted by atomic mass is 16.5. The summed E-state index contributed by atoms with van der Waals surface area (Å²) in [5, 5.41) is 31.1. The minimum atomic E-state index is -0.598. The first-order chi connectivity index (χ1) is 15.5. The van der Waals surface area contributed by atoms with Gasteiger partial charge in [-0.15, -0.1) is 0 Å². The van der Waals surface area contributed by atoms with Crippen molar-refractivity contribution in [2.75, 3.05) is 6.61 Å². The predicted molar refractivity (Wildman–Crippen MR) is 127 cm³/mol. The summed E-state index contributed by atoms with van der Waals surface area (Å²) in [5.41, 5.74) is 1.19. The van der Waals surface area contributed by atoms with Gasteiger partial charge in [-0.05, 0) is 50.0 Å². The first-order valence-corrected chi connectivity index (χ1v) is 12.1. The summed E-state index contributed by atoms with van der Waals surface area (Å²) in [6.07, 6.45) is 12.3. The maximum atomic E-state index is 11.6. The lowest BCUT2D eigenvalue weighted by molar-refractivity contribution is -0.143. The SMILES string of the molecule is CCCCOC(=O)CCC/C=C\CC1C(/C=C/[C@H](O)CCc2ccccc2)[C@H](O)C[C@@H]1O. The van der Waals surface area contributed by atoms with Gasteiger partial charge in [-0.1, -0.05) is 68.0 Å². The van der Waals surface area contributed by atoms with Crippen LogP contribution in [0.3, 0.4) is 0 Å². The van der Waals surface area contributed by atoms with Gasteiger partial charge in [0.05, 0.1) is 24.9 Å². The summed E-state index contributed by atoms with van der Waals surface area (Å²) in [6.45, 7) is 2.57. The van der Waals surface area contributed by atoms with E-state index < -0.39 is 18.3 Å². The summed E-state index contributed by atoms with van der Waals surface area (Å²) in [5.74, 6) is -0.385. The van der Waals surface area contributed by atoms with Crippen LogP contribution in [0, 0.1) is 11.8 Å². The number of hydrogen-bond acceptors (Lipinski definition) is 5. The molecule has 2 rings (SSSR count). The topological polar surface area (TPSA) is 87.0 Å². The Labute approximate surface area is 192 Å². The van der Waals surface area contributed by atoms with Crippen molar-refractivity contribution in [1.82, 2.24) is 0 Å². The van der Waals surface area contributed by atoms with Crippen LogP contribution in [0.5, 0.6) is 0 Å². The van der Waals surface area contributed by atoms with Crippen LogP contribution in [0.25, 0.3) is 0 Å². The van der Waals surface area contributed by atoms with Crippen molar-refractivity contribution in [3.63, 3.8) is 0 Å². The lowest BCUT2D eigenvalue weighted by atomic mass is 9.89. The number of ether oxygens (including phenoxy) is 1. The second kappa shape index (κ2) is 15.0. The van der Waals surface area contributed by atoms with E-state index in [1.165, 1.54) is 5.56 Å². The Hall–Kier alpha value is -1.95. The van der Waals surface area contributed by atoms with Gasteiger partial charge in [-0.2, -0.15) is 0 Å². The number of allylic oxidation sites excluding steroid dienone is 2. The number of aliphatic hydroxyl groups excluding tert-OH is 3. The molecule has 3 N–H and O–H groups in total. The fraction of sp³-hybridized carbons (Fsp3) is 0.593.